The highest BCUT2D eigenvalue weighted by Gasteiger charge is 2.26. The lowest BCUT2D eigenvalue weighted by molar-refractivity contribution is 0.227. The molecule has 1 atom stereocenters. The number of aryl methyl sites for hydroxylation is 2. The van der Waals surface area contributed by atoms with Crippen LogP contribution in [0.25, 0.3) is 22.6 Å². The Morgan fingerprint density at radius 3 is 2.90 bits per heavy atom. The van der Waals surface area contributed by atoms with Gasteiger partial charge in [-0.25, -0.2) is 9.37 Å². The average Bonchev–Trinajstić information content (AvgIpc) is 3.33. The second-order valence-electron chi connectivity index (χ2n) is 7.69. The number of hydrogen-bond donors (Lipinski definition) is 1. The first-order chi connectivity index (χ1) is 15.0. The van der Waals surface area contributed by atoms with E-state index in [-0.39, 0.29) is 11.6 Å². The lowest BCUT2D eigenvalue weighted by Crippen LogP contribution is -2.09. The third-order valence-corrected chi connectivity index (χ3v) is 5.72. The Morgan fingerprint density at radius 1 is 1.26 bits per heavy atom. The maximum absolute atomic E-state index is 14.2. The fraction of sp³-hybridized carbons (Fsp3) is 0.261. The molecule has 3 aromatic heterocycles. The van der Waals surface area contributed by atoms with E-state index in [4.69, 9.17) is 15.0 Å². The summed E-state index contributed by atoms with van der Waals surface area (Å²) in [5.74, 6) is 0.953. The molecule has 0 saturated heterocycles. The van der Waals surface area contributed by atoms with Crippen molar-refractivity contribution in [1.29, 1.82) is 0 Å². The molecular formula is C23H22FN5O2. The fourth-order valence-corrected chi connectivity index (χ4v) is 4.14. The molecule has 1 aliphatic heterocycles. The van der Waals surface area contributed by atoms with E-state index in [9.17, 15) is 4.39 Å². The van der Waals surface area contributed by atoms with Crippen LogP contribution in [-0.2, 0) is 13.0 Å². The van der Waals surface area contributed by atoms with Gasteiger partial charge in [-0.05, 0) is 45.0 Å². The molecule has 0 aliphatic carbocycles. The number of aromatic nitrogens is 4. The third kappa shape index (κ3) is 3.15. The van der Waals surface area contributed by atoms with Gasteiger partial charge in [-0.15, -0.1) is 0 Å². The summed E-state index contributed by atoms with van der Waals surface area (Å²) >= 11 is 0. The van der Waals surface area contributed by atoms with E-state index in [1.165, 1.54) is 12.1 Å². The van der Waals surface area contributed by atoms with Crippen molar-refractivity contribution in [2.45, 2.75) is 39.8 Å². The summed E-state index contributed by atoms with van der Waals surface area (Å²) in [5, 5.41) is 8.76. The molecule has 0 fully saturated rings. The van der Waals surface area contributed by atoms with Gasteiger partial charge in [0.05, 0.1) is 17.6 Å². The van der Waals surface area contributed by atoms with Crippen molar-refractivity contribution in [2.75, 3.05) is 5.73 Å². The average molecular weight is 419 g/mol. The summed E-state index contributed by atoms with van der Waals surface area (Å²) < 4.78 is 28.0. The summed E-state index contributed by atoms with van der Waals surface area (Å²) in [6, 6.07) is 6.44. The molecule has 0 spiro atoms. The molecule has 4 aromatic rings. The van der Waals surface area contributed by atoms with Crippen LogP contribution >= 0.6 is 0 Å². The number of nitrogens with zero attached hydrogens (tertiary/aromatic N) is 4. The first-order valence-electron chi connectivity index (χ1n) is 10.2. The molecule has 1 aliphatic rings. The van der Waals surface area contributed by atoms with Gasteiger partial charge in [-0.1, -0.05) is 5.16 Å². The normalized spacial score (nSPS) is 15.2. The number of nitrogen functional groups attached to an aromatic ring is 1. The van der Waals surface area contributed by atoms with Crippen LogP contribution in [0.1, 0.15) is 42.3 Å². The van der Waals surface area contributed by atoms with Crippen molar-refractivity contribution in [3.05, 3.63) is 64.9 Å². The molecule has 1 aromatic carbocycles. The van der Waals surface area contributed by atoms with Gasteiger partial charge in [0.2, 0.25) is 0 Å². The van der Waals surface area contributed by atoms with E-state index in [2.05, 4.69) is 15.2 Å². The van der Waals surface area contributed by atoms with Crippen LogP contribution in [0, 0.1) is 12.7 Å². The van der Waals surface area contributed by atoms with Crippen LogP contribution < -0.4 is 10.5 Å². The Morgan fingerprint density at radius 2 is 2.10 bits per heavy atom. The molecule has 158 valence electrons. The zero-order chi connectivity index (χ0) is 21.7. The second kappa shape index (κ2) is 7.23. The molecular weight excluding hydrogens is 397 g/mol. The van der Waals surface area contributed by atoms with Gasteiger partial charge in [0.1, 0.15) is 11.9 Å². The molecule has 4 heterocycles. The Hall–Kier alpha value is -3.68. The molecule has 2 bridgehead atoms. The highest BCUT2D eigenvalue weighted by molar-refractivity contribution is 5.71. The largest absolute Gasteiger partial charge is 0.482 e. The van der Waals surface area contributed by atoms with E-state index >= 15 is 0 Å². The van der Waals surface area contributed by atoms with E-state index < -0.39 is 6.10 Å². The topological polar surface area (TPSA) is 92.0 Å². The predicted octanol–water partition coefficient (Wildman–Crippen LogP) is 4.69. The zero-order valence-electron chi connectivity index (χ0n) is 17.5. The van der Waals surface area contributed by atoms with Crippen LogP contribution in [0.4, 0.5) is 10.2 Å². The minimum atomic E-state index is -0.502. The van der Waals surface area contributed by atoms with Gasteiger partial charge in [-0.2, -0.15) is 5.10 Å². The van der Waals surface area contributed by atoms with Gasteiger partial charge in [0.25, 0.3) is 0 Å². The summed E-state index contributed by atoms with van der Waals surface area (Å²) in [5.41, 5.74) is 12.0. The van der Waals surface area contributed by atoms with Crippen LogP contribution in [-0.4, -0.2) is 19.9 Å². The van der Waals surface area contributed by atoms with Crippen molar-refractivity contribution in [2.24, 2.45) is 0 Å². The summed E-state index contributed by atoms with van der Waals surface area (Å²) in [6.45, 7) is 6.49. The smallest absolute Gasteiger partial charge is 0.171 e. The number of nitrogens with two attached hydrogens (primary N) is 1. The number of rotatable bonds is 1. The van der Waals surface area contributed by atoms with Crippen LogP contribution in [0.5, 0.6) is 5.75 Å². The first kappa shape index (κ1) is 19.3. The quantitative estimate of drug-likeness (QED) is 0.481. The second-order valence-corrected chi connectivity index (χ2v) is 7.69. The number of halogens is 1. The highest BCUT2D eigenvalue weighted by Crippen LogP contribution is 2.39. The summed E-state index contributed by atoms with van der Waals surface area (Å²) in [6.07, 6.45) is 3.64. The van der Waals surface area contributed by atoms with Crippen LogP contribution in [0.2, 0.25) is 0 Å². The Bertz CT molecular complexity index is 1290. The minimum Gasteiger partial charge on any atom is -0.482 e. The maximum Gasteiger partial charge on any atom is 0.171 e. The Balaban J connectivity index is 1.82. The number of anilines is 1. The maximum atomic E-state index is 14.2. The molecule has 31 heavy (non-hydrogen) atoms. The number of pyridine rings is 1. The van der Waals surface area contributed by atoms with Crippen LogP contribution in [0.15, 0.2) is 41.2 Å². The molecule has 0 saturated carbocycles. The van der Waals surface area contributed by atoms with Gasteiger partial charge in [0.15, 0.2) is 17.3 Å². The number of fused-ring (bicyclic) bond motifs is 7. The standard InChI is InChI=1S/C23H22FN5O2/c1-4-29-21-14(11-27-29)7-18-12(2)28-31-22(18)17-6-5-16(24)9-19(17)13(3)30-20-8-15(21)10-26-23(20)25/h5-6,8-11,13H,4,7H2,1-3H3,(H2,25,26). The third-order valence-electron chi connectivity index (χ3n) is 5.72. The highest BCUT2D eigenvalue weighted by atomic mass is 19.1. The zero-order valence-corrected chi connectivity index (χ0v) is 17.5. The number of hydrogen-bond acceptors (Lipinski definition) is 6. The van der Waals surface area contributed by atoms with Crippen molar-refractivity contribution in [3.8, 4) is 28.3 Å². The lowest BCUT2D eigenvalue weighted by atomic mass is 9.94. The van der Waals surface area contributed by atoms with E-state index in [1.54, 1.807) is 12.3 Å². The summed E-state index contributed by atoms with van der Waals surface area (Å²) in [7, 11) is 0. The molecule has 8 heteroatoms. The van der Waals surface area contributed by atoms with Crippen molar-refractivity contribution in [3.63, 3.8) is 0 Å². The van der Waals surface area contributed by atoms with Crippen molar-refractivity contribution < 1.29 is 13.7 Å². The number of ether oxygens (including phenoxy) is 1. The lowest BCUT2D eigenvalue weighted by Gasteiger charge is -2.20. The Kier molecular flexibility index (Phi) is 4.50. The van der Waals surface area contributed by atoms with Crippen molar-refractivity contribution >= 4 is 5.82 Å². The van der Waals surface area contributed by atoms with Gasteiger partial charge >= 0.3 is 0 Å². The molecule has 2 N–H and O–H groups in total. The fourth-order valence-electron chi connectivity index (χ4n) is 4.14. The molecule has 5 rings (SSSR count). The molecule has 1 unspecified atom stereocenters. The van der Waals surface area contributed by atoms with Gasteiger partial charge in [-0.3, -0.25) is 4.68 Å². The molecule has 7 nitrogen and oxygen atoms in total. The van der Waals surface area contributed by atoms with E-state index in [1.807, 2.05) is 37.7 Å². The minimum absolute atomic E-state index is 0.269. The van der Waals surface area contributed by atoms with Crippen molar-refractivity contribution in [1.82, 2.24) is 19.9 Å². The van der Waals surface area contributed by atoms with Gasteiger partial charge < -0.3 is 15.0 Å². The van der Waals surface area contributed by atoms with E-state index in [0.717, 1.165) is 33.6 Å². The van der Waals surface area contributed by atoms with E-state index in [0.29, 0.717) is 30.0 Å². The Labute approximate surface area is 178 Å². The predicted molar refractivity (Wildman–Crippen MR) is 114 cm³/mol. The molecule has 0 amide bonds. The van der Waals surface area contributed by atoms with Crippen LogP contribution in [0.3, 0.4) is 0 Å². The monoisotopic (exact) mass is 419 g/mol. The first-order valence-corrected chi connectivity index (χ1v) is 10.2. The molecule has 0 radical (unpaired) electrons. The van der Waals surface area contributed by atoms with Gasteiger partial charge in [0, 0.05) is 47.0 Å². The SMILES string of the molecule is CCn1ncc2c1-c1cnc(N)c(c1)OC(C)c1cc(F)ccc1-c1onc(C)c1C2. The number of benzene rings is 1. The summed E-state index contributed by atoms with van der Waals surface area (Å²) in [4.78, 5) is 4.35.